The molecule has 8 nitrogen and oxygen atoms in total. The van der Waals surface area contributed by atoms with Gasteiger partial charge in [0.25, 0.3) is 5.91 Å². The Bertz CT molecular complexity index is 1420. The van der Waals surface area contributed by atoms with Crippen LogP contribution in [0.15, 0.2) is 54.0 Å². The molecule has 1 aromatic carbocycles. The molecule has 1 amide bonds. The SMILES string of the molecule is Cc1nn(C)c2ncc(NC(=O)c3nc(-c4cccs4)n(-c4cccc(F)c4)n3)cc12. The average molecular weight is 433 g/mol. The van der Waals surface area contributed by atoms with Crippen LogP contribution in [-0.4, -0.2) is 35.4 Å². The molecule has 0 atom stereocenters. The molecule has 0 aliphatic carbocycles. The zero-order valence-corrected chi connectivity index (χ0v) is 17.4. The highest BCUT2D eigenvalue weighted by molar-refractivity contribution is 7.13. The smallest absolute Gasteiger partial charge is 0.295 e. The summed E-state index contributed by atoms with van der Waals surface area (Å²) in [5.74, 6) is -0.462. The van der Waals surface area contributed by atoms with Gasteiger partial charge in [-0.2, -0.15) is 5.10 Å². The van der Waals surface area contributed by atoms with Crippen LogP contribution in [-0.2, 0) is 7.05 Å². The first-order valence-corrected chi connectivity index (χ1v) is 10.2. The highest BCUT2D eigenvalue weighted by Crippen LogP contribution is 2.26. The summed E-state index contributed by atoms with van der Waals surface area (Å²) in [6.07, 6.45) is 1.56. The first-order chi connectivity index (χ1) is 15.0. The molecule has 5 rings (SSSR count). The molecule has 0 fully saturated rings. The molecule has 10 heteroatoms. The number of nitrogens with one attached hydrogen (secondary N) is 1. The van der Waals surface area contributed by atoms with Gasteiger partial charge in [0.1, 0.15) is 5.82 Å². The van der Waals surface area contributed by atoms with Crippen LogP contribution in [0.1, 0.15) is 16.3 Å². The number of fused-ring (bicyclic) bond motifs is 1. The summed E-state index contributed by atoms with van der Waals surface area (Å²) in [4.78, 5) is 22.5. The lowest BCUT2D eigenvalue weighted by atomic mass is 10.2. The number of benzene rings is 1. The fourth-order valence-electron chi connectivity index (χ4n) is 3.32. The number of aryl methyl sites for hydroxylation is 2. The highest BCUT2D eigenvalue weighted by atomic mass is 32.1. The van der Waals surface area contributed by atoms with E-state index in [-0.39, 0.29) is 5.82 Å². The third-order valence-electron chi connectivity index (χ3n) is 4.73. The van der Waals surface area contributed by atoms with Gasteiger partial charge >= 0.3 is 0 Å². The van der Waals surface area contributed by atoms with Crippen LogP contribution in [0, 0.1) is 12.7 Å². The summed E-state index contributed by atoms with van der Waals surface area (Å²) in [5.41, 5.74) is 2.52. The number of thiophene rings is 1. The molecule has 0 unspecified atom stereocenters. The van der Waals surface area contributed by atoms with Crippen molar-refractivity contribution < 1.29 is 9.18 Å². The molecule has 4 heterocycles. The number of carbonyl (C=O) groups excluding carboxylic acids is 1. The molecule has 0 bridgehead atoms. The number of pyridine rings is 1. The summed E-state index contributed by atoms with van der Waals surface area (Å²) in [6.45, 7) is 1.88. The number of hydrogen-bond acceptors (Lipinski definition) is 6. The van der Waals surface area contributed by atoms with Crippen molar-refractivity contribution in [2.45, 2.75) is 6.92 Å². The van der Waals surface area contributed by atoms with Crippen molar-refractivity contribution in [2.24, 2.45) is 7.05 Å². The van der Waals surface area contributed by atoms with Crippen molar-refractivity contribution in [1.29, 1.82) is 0 Å². The Morgan fingerprint density at radius 2 is 2.03 bits per heavy atom. The van der Waals surface area contributed by atoms with Gasteiger partial charge in [0, 0.05) is 12.4 Å². The topological polar surface area (TPSA) is 90.5 Å². The van der Waals surface area contributed by atoms with Crippen molar-refractivity contribution in [1.82, 2.24) is 29.5 Å². The number of rotatable bonds is 4. The minimum absolute atomic E-state index is 0.0318. The lowest BCUT2D eigenvalue weighted by Crippen LogP contribution is -2.14. The molecular weight excluding hydrogens is 417 g/mol. The molecule has 0 aliphatic heterocycles. The Balaban J connectivity index is 1.52. The molecule has 5 aromatic rings. The van der Waals surface area contributed by atoms with Crippen LogP contribution in [0.3, 0.4) is 0 Å². The van der Waals surface area contributed by atoms with Gasteiger partial charge in [-0.25, -0.2) is 19.0 Å². The zero-order valence-electron chi connectivity index (χ0n) is 16.6. The number of halogens is 1. The van der Waals surface area contributed by atoms with E-state index in [1.165, 1.54) is 28.2 Å². The lowest BCUT2D eigenvalue weighted by molar-refractivity contribution is 0.101. The van der Waals surface area contributed by atoms with Crippen molar-refractivity contribution in [3.05, 3.63) is 71.4 Å². The van der Waals surface area contributed by atoms with Gasteiger partial charge in [-0.3, -0.25) is 9.48 Å². The summed E-state index contributed by atoms with van der Waals surface area (Å²) >= 11 is 1.46. The van der Waals surface area contributed by atoms with Crippen molar-refractivity contribution in [3.63, 3.8) is 0 Å². The van der Waals surface area contributed by atoms with Crippen LogP contribution < -0.4 is 5.32 Å². The van der Waals surface area contributed by atoms with E-state index in [4.69, 9.17) is 0 Å². The maximum Gasteiger partial charge on any atom is 0.295 e. The summed E-state index contributed by atoms with van der Waals surface area (Å²) in [6, 6.07) is 11.5. The van der Waals surface area contributed by atoms with E-state index in [9.17, 15) is 9.18 Å². The van der Waals surface area contributed by atoms with E-state index in [1.54, 1.807) is 23.0 Å². The number of carbonyl (C=O) groups is 1. The van der Waals surface area contributed by atoms with Crippen LogP contribution in [0.5, 0.6) is 0 Å². The Hall–Kier alpha value is -3.92. The third-order valence-corrected chi connectivity index (χ3v) is 5.59. The minimum Gasteiger partial charge on any atom is -0.318 e. The molecule has 0 saturated carbocycles. The molecule has 0 spiro atoms. The second kappa shape index (κ2) is 7.40. The maximum absolute atomic E-state index is 13.8. The van der Waals surface area contributed by atoms with Gasteiger partial charge in [-0.1, -0.05) is 12.1 Å². The van der Waals surface area contributed by atoms with Crippen LogP contribution in [0.2, 0.25) is 0 Å². The molecule has 31 heavy (non-hydrogen) atoms. The normalized spacial score (nSPS) is 11.2. The number of aromatic nitrogens is 6. The van der Waals surface area contributed by atoms with E-state index in [2.05, 4.69) is 25.5 Å². The fraction of sp³-hybridized carbons (Fsp3) is 0.0952. The molecular formula is C21H16FN7OS. The zero-order chi connectivity index (χ0) is 21.5. The molecule has 1 N–H and O–H groups in total. The van der Waals surface area contributed by atoms with E-state index in [1.807, 2.05) is 37.6 Å². The van der Waals surface area contributed by atoms with E-state index < -0.39 is 11.7 Å². The third kappa shape index (κ3) is 3.46. The van der Waals surface area contributed by atoms with Crippen molar-refractivity contribution >= 4 is 34.0 Å². The van der Waals surface area contributed by atoms with Gasteiger partial charge in [-0.05, 0) is 42.6 Å². The molecule has 4 aromatic heterocycles. The average Bonchev–Trinajstić information content (AvgIpc) is 3.48. The van der Waals surface area contributed by atoms with E-state index in [0.29, 0.717) is 17.2 Å². The molecule has 0 saturated heterocycles. The Labute approximate surface area is 180 Å². The van der Waals surface area contributed by atoms with Crippen LogP contribution in [0.25, 0.3) is 27.4 Å². The van der Waals surface area contributed by atoms with Gasteiger partial charge in [0.15, 0.2) is 11.5 Å². The van der Waals surface area contributed by atoms with Crippen molar-refractivity contribution in [2.75, 3.05) is 5.32 Å². The largest absolute Gasteiger partial charge is 0.318 e. The quantitative estimate of drug-likeness (QED) is 0.463. The second-order valence-electron chi connectivity index (χ2n) is 6.89. The monoisotopic (exact) mass is 433 g/mol. The first kappa shape index (κ1) is 19.1. The molecule has 154 valence electrons. The molecule has 0 radical (unpaired) electrons. The van der Waals surface area contributed by atoms with E-state index in [0.717, 1.165) is 21.6 Å². The summed E-state index contributed by atoms with van der Waals surface area (Å²) in [7, 11) is 1.82. The van der Waals surface area contributed by atoms with Gasteiger partial charge < -0.3 is 5.32 Å². The molecule has 0 aliphatic rings. The Kier molecular flexibility index (Phi) is 4.55. The number of hydrogen-bond donors (Lipinski definition) is 1. The Morgan fingerprint density at radius 1 is 1.16 bits per heavy atom. The van der Waals surface area contributed by atoms with Crippen molar-refractivity contribution in [3.8, 4) is 16.4 Å². The van der Waals surface area contributed by atoms with Gasteiger partial charge in [0.05, 0.1) is 28.1 Å². The number of amides is 1. The van der Waals surface area contributed by atoms with E-state index >= 15 is 0 Å². The van der Waals surface area contributed by atoms with Crippen LogP contribution in [0.4, 0.5) is 10.1 Å². The second-order valence-corrected chi connectivity index (χ2v) is 7.83. The Morgan fingerprint density at radius 3 is 2.81 bits per heavy atom. The highest BCUT2D eigenvalue weighted by Gasteiger charge is 2.20. The van der Waals surface area contributed by atoms with Crippen LogP contribution >= 0.6 is 11.3 Å². The standard InChI is InChI=1S/C21H16FN7OS/c1-12-16-10-14(11-23-19(16)28(2)26-12)24-21(30)18-25-20(17-7-4-8-31-17)29(27-18)15-6-3-5-13(22)9-15/h3-11H,1-2H3,(H,24,30). The summed E-state index contributed by atoms with van der Waals surface area (Å²) < 4.78 is 16.9. The predicted octanol–water partition coefficient (Wildman–Crippen LogP) is 3.98. The van der Waals surface area contributed by atoms with Gasteiger partial charge in [-0.15, -0.1) is 16.4 Å². The first-order valence-electron chi connectivity index (χ1n) is 9.37. The maximum atomic E-state index is 13.8. The van der Waals surface area contributed by atoms with Gasteiger partial charge in [0.2, 0.25) is 5.82 Å². The predicted molar refractivity (Wildman–Crippen MR) is 116 cm³/mol. The minimum atomic E-state index is -0.490. The number of anilines is 1. The lowest BCUT2D eigenvalue weighted by Gasteiger charge is -2.04. The number of nitrogens with zero attached hydrogens (tertiary/aromatic N) is 6. The fourth-order valence-corrected chi connectivity index (χ4v) is 4.02. The summed E-state index contributed by atoms with van der Waals surface area (Å²) in [5, 5.41) is 14.2.